The van der Waals surface area contributed by atoms with Crippen molar-refractivity contribution in [1.82, 2.24) is 0 Å². The summed E-state index contributed by atoms with van der Waals surface area (Å²) in [5.74, 6) is 0.678. The second kappa shape index (κ2) is 2.82. The van der Waals surface area contributed by atoms with E-state index in [1.807, 2.05) is 19.9 Å². The molecular weight excluding hydrogens is 140 g/mol. The van der Waals surface area contributed by atoms with Gasteiger partial charge in [0.15, 0.2) is 5.76 Å². The molecule has 0 aliphatic heterocycles. The van der Waals surface area contributed by atoms with Gasteiger partial charge in [0.2, 0.25) is 0 Å². The van der Waals surface area contributed by atoms with E-state index in [1.165, 1.54) is 6.07 Å². The Labute approximate surface area is 65.9 Å². The van der Waals surface area contributed by atoms with Crippen molar-refractivity contribution in [2.45, 2.75) is 19.8 Å². The monoisotopic (exact) mass is 151 g/mol. The molecular formula is C9H11O2+. The summed E-state index contributed by atoms with van der Waals surface area (Å²) < 4.78 is 4.90. The normalized spacial score (nSPS) is 12.9. The van der Waals surface area contributed by atoms with E-state index in [-0.39, 0.29) is 11.5 Å². The van der Waals surface area contributed by atoms with E-state index in [4.69, 9.17) is 4.42 Å². The first-order chi connectivity index (χ1) is 5.09. The van der Waals surface area contributed by atoms with Crippen LogP contribution in [0.2, 0.25) is 0 Å². The minimum Gasteiger partial charge on any atom is -0.423 e. The quantitative estimate of drug-likeness (QED) is 0.574. The van der Waals surface area contributed by atoms with Crippen LogP contribution in [-0.4, -0.2) is 0 Å². The summed E-state index contributed by atoms with van der Waals surface area (Å²) in [6.07, 6.45) is 0. The van der Waals surface area contributed by atoms with Crippen molar-refractivity contribution in [2.75, 3.05) is 0 Å². The minimum absolute atomic E-state index is 0.0302. The molecule has 0 aliphatic rings. The first kappa shape index (κ1) is 7.92. The Balaban J connectivity index is 3.19. The lowest BCUT2D eigenvalue weighted by atomic mass is 10.1. The van der Waals surface area contributed by atoms with Gasteiger partial charge in [-0.05, 0) is 25.5 Å². The van der Waals surface area contributed by atoms with Crippen LogP contribution < -0.4 is 5.63 Å². The standard InChI is InChI=1S/C9H11O2/c1-6(2)8-4-7(3)5-9(10)11-8/h4-6H,1H2,2-3H3/q+1. The van der Waals surface area contributed by atoms with Crippen LogP contribution in [0, 0.1) is 13.8 Å². The smallest absolute Gasteiger partial charge is 0.336 e. The van der Waals surface area contributed by atoms with E-state index in [0.29, 0.717) is 5.76 Å². The van der Waals surface area contributed by atoms with Gasteiger partial charge in [0, 0.05) is 6.07 Å². The molecule has 1 aromatic heterocycles. The van der Waals surface area contributed by atoms with Gasteiger partial charge in [-0.2, -0.15) is 0 Å². The molecule has 0 aromatic carbocycles. The molecule has 0 aliphatic carbocycles. The summed E-state index contributed by atoms with van der Waals surface area (Å²) in [6.45, 7) is 7.51. The van der Waals surface area contributed by atoms with Gasteiger partial charge in [0.25, 0.3) is 0 Å². The van der Waals surface area contributed by atoms with Crippen molar-refractivity contribution in [3.8, 4) is 0 Å². The molecule has 0 N–H and O–H groups in total. The third kappa shape index (κ3) is 1.87. The fourth-order valence-corrected chi connectivity index (χ4v) is 0.870. The van der Waals surface area contributed by atoms with E-state index in [9.17, 15) is 4.79 Å². The average Bonchev–Trinajstić information content (AvgIpc) is 1.85. The van der Waals surface area contributed by atoms with E-state index >= 15 is 0 Å². The molecule has 1 unspecified atom stereocenters. The topological polar surface area (TPSA) is 30.2 Å². The van der Waals surface area contributed by atoms with Crippen LogP contribution in [0.15, 0.2) is 21.3 Å². The van der Waals surface area contributed by atoms with Gasteiger partial charge in [0.05, 0.1) is 6.92 Å². The Bertz CT molecular complexity index is 297. The fourth-order valence-electron chi connectivity index (χ4n) is 0.870. The summed E-state index contributed by atoms with van der Waals surface area (Å²) in [4.78, 5) is 10.8. The molecule has 1 rings (SSSR count). The van der Waals surface area contributed by atoms with Crippen molar-refractivity contribution in [1.29, 1.82) is 0 Å². The second-order valence-corrected chi connectivity index (χ2v) is 2.76. The average molecular weight is 151 g/mol. The summed E-state index contributed by atoms with van der Waals surface area (Å²) in [5.41, 5.74) is 0.627. The van der Waals surface area contributed by atoms with Gasteiger partial charge in [-0.25, -0.2) is 4.79 Å². The zero-order valence-electron chi connectivity index (χ0n) is 6.76. The highest BCUT2D eigenvalue weighted by Crippen LogP contribution is 2.11. The van der Waals surface area contributed by atoms with Gasteiger partial charge < -0.3 is 4.42 Å². The fraction of sp³-hybridized carbons (Fsp3) is 0.333. The minimum atomic E-state index is -0.296. The van der Waals surface area contributed by atoms with E-state index in [2.05, 4.69) is 6.92 Å². The van der Waals surface area contributed by atoms with Crippen LogP contribution in [0.25, 0.3) is 0 Å². The molecule has 0 fully saturated rings. The van der Waals surface area contributed by atoms with Crippen molar-refractivity contribution < 1.29 is 4.42 Å². The van der Waals surface area contributed by atoms with Gasteiger partial charge >= 0.3 is 5.63 Å². The zero-order chi connectivity index (χ0) is 8.43. The Hall–Kier alpha value is -1.18. The molecule has 0 amide bonds. The van der Waals surface area contributed by atoms with Gasteiger partial charge in [0.1, 0.15) is 5.92 Å². The highest BCUT2D eigenvalue weighted by atomic mass is 16.4. The first-order valence-electron chi connectivity index (χ1n) is 3.54. The Morgan fingerprint density at radius 3 is 2.64 bits per heavy atom. The van der Waals surface area contributed by atoms with Crippen LogP contribution in [0.4, 0.5) is 0 Å². The highest BCUT2D eigenvalue weighted by Gasteiger charge is 2.08. The molecule has 2 nitrogen and oxygen atoms in total. The Morgan fingerprint density at radius 1 is 1.55 bits per heavy atom. The lowest BCUT2D eigenvalue weighted by Crippen LogP contribution is -2.01. The third-order valence-electron chi connectivity index (χ3n) is 1.42. The molecule has 0 saturated carbocycles. The molecule has 58 valence electrons. The Kier molecular flexibility index (Phi) is 2.03. The van der Waals surface area contributed by atoms with Crippen LogP contribution >= 0.6 is 0 Å². The second-order valence-electron chi connectivity index (χ2n) is 2.76. The number of hydrogen-bond donors (Lipinski definition) is 0. The number of rotatable bonds is 1. The van der Waals surface area contributed by atoms with Crippen molar-refractivity contribution in [3.63, 3.8) is 0 Å². The van der Waals surface area contributed by atoms with Crippen LogP contribution in [0.3, 0.4) is 0 Å². The summed E-state index contributed by atoms with van der Waals surface area (Å²) in [5, 5.41) is 0. The molecule has 1 aromatic rings. The molecule has 0 bridgehead atoms. The first-order valence-corrected chi connectivity index (χ1v) is 3.54. The predicted octanol–water partition coefficient (Wildman–Crippen LogP) is 1.89. The molecule has 1 atom stereocenters. The van der Waals surface area contributed by atoms with E-state index in [1.54, 1.807) is 0 Å². The Morgan fingerprint density at radius 2 is 2.18 bits per heavy atom. The summed E-state index contributed by atoms with van der Waals surface area (Å²) in [6, 6.07) is 3.30. The maximum atomic E-state index is 10.8. The predicted molar refractivity (Wildman–Crippen MR) is 43.5 cm³/mol. The number of aryl methyl sites for hydroxylation is 1. The molecule has 1 heterocycles. The van der Waals surface area contributed by atoms with Gasteiger partial charge in [-0.1, -0.05) is 0 Å². The molecule has 2 heteroatoms. The lowest BCUT2D eigenvalue weighted by Gasteiger charge is -1.97. The van der Waals surface area contributed by atoms with Crippen LogP contribution in [0.1, 0.15) is 24.2 Å². The van der Waals surface area contributed by atoms with Crippen molar-refractivity contribution >= 4 is 0 Å². The molecule has 0 saturated heterocycles. The number of hydrogen-bond acceptors (Lipinski definition) is 2. The molecule has 0 radical (unpaired) electrons. The largest absolute Gasteiger partial charge is 0.423 e. The molecule has 11 heavy (non-hydrogen) atoms. The van der Waals surface area contributed by atoms with Crippen LogP contribution in [0.5, 0.6) is 0 Å². The highest BCUT2D eigenvalue weighted by molar-refractivity contribution is 5.14. The summed E-state index contributed by atoms with van der Waals surface area (Å²) in [7, 11) is 0. The van der Waals surface area contributed by atoms with E-state index in [0.717, 1.165) is 5.56 Å². The SMILES string of the molecule is [CH2+]C(C)c1cc(C)cc(=O)o1. The van der Waals surface area contributed by atoms with Gasteiger partial charge in [-0.15, -0.1) is 0 Å². The van der Waals surface area contributed by atoms with Crippen molar-refractivity contribution in [3.05, 3.63) is 40.8 Å². The third-order valence-corrected chi connectivity index (χ3v) is 1.42. The maximum absolute atomic E-state index is 10.8. The van der Waals surface area contributed by atoms with E-state index < -0.39 is 0 Å². The van der Waals surface area contributed by atoms with Gasteiger partial charge in [-0.3, -0.25) is 0 Å². The lowest BCUT2D eigenvalue weighted by molar-refractivity contribution is 0.448. The van der Waals surface area contributed by atoms with Crippen LogP contribution in [-0.2, 0) is 0 Å². The van der Waals surface area contributed by atoms with Crippen molar-refractivity contribution in [2.24, 2.45) is 0 Å². The zero-order valence-corrected chi connectivity index (χ0v) is 6.76. The molecule has 0 spiro atoms. The summed E-state index contributed by atoms with van der Waals surface area (Å²) >= 11 is 0. The maximum Gasteiger partial charge on any atom is 0.336 e.